The summed E-state index contributed by atoms with van der Waals surface area (Å²) in [6, 6.07) is 14.1. The van der Waals surface area contributed by atoms with Gasteiger partial charge in [0.05, 0.1) is 16.2 Å². The molecule has 4 nitrogen and oxygen atoms in total. The summed E-state index contributed by atoms with van der Waals surface area (Å²) in [7, 11) is 0. The zero-order valence-corrected chi connectivity index (χ0v) is 17.3. The molecular formula is C21H15N3OS3. The molecular weight excluding hydrogens is 406 g/mol. The minimum Gasteiger partial charge on any atom is -0.309 e. The molecule has 0 saturated heterocycles. The van der Waals surface area contributed by atoms with Gasteiger partial charge in [-0.05, 0) is 30.5 Å². The lowest BCUT2D eigenvalue weighted by Gasteiger charge is -2.12. The highest BCUT2D eigenvalue weighted by Gasteiger charge is 2.17. The first-order valence-electron chi connectivity index (χ1n) is 8.76. The molecule has 4 heterocycles. The van der Waals surface area contributed by atoms with Crippen LogP contribution in [0, 0.1) is 0 Å². The Hall–Kier alpha value is -2.48. The van der Waals surface area contributed by atoms with Crippen molar-refractivity contribution < 1.29 is 0 Å². The third-order valence-electron chi connectivity index (χ3n) is 4.55. The van der Waals surface area contributed by atoms with E-state index in [1.807, 2.05) is 53.4 Å². The molecule has 138 valence electrons. The van der Waals surface area contributed by atoms with Gasteiger partial charge in [0.1, 0.15) is 10.7 Å². The van der Waals surface area contributed by atoms with Gasteiger partial charge in [-0.1, -0.05) is 24.3 Å². The molecule has 0 spiro atoms. The van der Waals surface area contributed by atoms with Crippen LogP contribution in [0.4, 0.5) is 0 Å². The van der Waals surface area contributed by atoms with Gasteiger partial charge in [-0.3, -0.25) is 9.78 Å². The first-order chi connectivity index (χ1) is 13.7. The van der Waals surface area contributed by atoms with Gasteiger partial charge in [0, 0.05) is 32.3 Å². The molecule has 0 bridgehead atoms. The zero-order valence-electron chi connectivity index (χ0n) is 14.9. The predicted octanol–water partition coefficient (Wildman–Crippen LogP) is 6.11. The Kier molecular flexibility index (Phi) is 4.50. The molecule has 0 amide bonds. The number of rotatable bonds is 4. The molecule has 0 aliphatic rings. The van der Waals surface area contributed by atoms with Gasteiger partial charge < -0.3 is 4.98 Å². The van der Waals surface area contributed by atoms with E-state index in [4.69, 9.17) is 4.98 Å². The van der Waals surface area contributed by atoms with E-state index in [9.17, 15) is 4.79 Å². The van der Waals surface area contributed by atoms with E-state index in [1.165, 1.54) is 11.3 Å². The average Bonchev–Trinajstić information content (AvgIpc) is 3.38. The lowest BCUT2D eigenvalue weighted by Crippen LogP contribution is -2.12. The monoisotopic (exact) mass is 421 g/mol. The number of nitrogens with zero attached hydrogens (tertiary/aromatic N) is 2. The molecule has 1 atom stereocenters. The summed E-state index contributed by atoms with van der Waals surface area (Å²) in [4.78, 5) is 28.1. The summed E-state index contributed by atoms with van der Waals surface area (Å²) in [6.07, 6.45) is 1.82. The molecule has 5 rings (SSSR count). The molecule has 0 fully saturated rings. The van der Waals surface area contributed by atoms with Crippen LogP contribution in [-0.4, -0.2) is 15.0 Å². The number of thioether (sulfide) groups is 1. The van der Waals surface area contributed by atoms with Crippen LogP contribution < -0.4 is 5.56 Å². The van der Waals surface area contributed by atoms with Gasteiger partial charge in [-0.25, -0.2) is 4.98 Å². The van der Waals surface area contributed by atoms with Gasteiger partial charge in [-0.2, -0.15) is 0 Å². The summed E-state index contributed by atoms with van der Waals surface area (Å²) < 4.78 is 0. The first-order valence-corrected chi connectivity index (χ1v) is 11.4. The van der Waals surface area contributed by atoms with Crippen LogP contribution in [0.3, 0.4) is 0 Å². The number of aromatic amines is 1. The molecule has 0 aliphatic heterocycles. The number of H-pyrrole nitrogens is 1. The second-order valence-corrected chi connectivity index (χ2v) is 9.53. The lowest BCUT2D eigenvalue weighted by molar-refractivity contribution is 0.926. The molecule has 5 aromatic rings. The number of aromatic nitrogens is 3. The number of para-hydroxylation sites is 1. The Morgan fingerprint density at radius 1 is 1.11 bits per heavy atom. The molecule has 4 aromatic heterocycles. The van der Waals surface area contributed by atoms with E-state index in [0.717, 1.165) is 31.1 Å². The summed E-state index contributed by atoms with van der Waals surface area (Å²) >= 11 is 4.84. The van der Waals surface area contributed by atoms with Crippen molar-refractivity contribution in [1.29, 1.82) is 0 Å². The van der Waals surface area contributed by atoms with E-state index < -0.39 is 0 Å². The highest BCUT2D eigenvalue weighted by atomic mass is 32.2. The van der Waals surface area contributed by atoms with Crippen molar-refractivity contribution in [3.05, 3.63) is 75.6 Å². The maximum atomic E-state index is 12.8. The van der Waals surface area contributed by atoms with Crippen LogP contribution in [0.1, 0.15) is 18.0 Å². The van der Waals surface area contributed by atoms with E-state index in [-0.39, 0.29) is 10.8 Å². The van der Waals surface area contributed by atoms with Crippen LogP contribution in [0.2, 0.25) is 0 Å². The Morgan fingerprint density at radius 2 is 2.00 bits per heavy atom. The summed E-state index contributed by atoms with van der Waals surface area (Å²) in [5.74, 6) is 0.697. The fourth-order valence-corrected chi connectivity index (χ4v) is 6.00. The number of benzene rings is 1. The average molecular weight is 422 g/mol. The Labute approximate surface area is 173 Å². The van der Waals surface area contributed by atoms with Crippen LogP contribution in [0.25, 0.3) is 31.6 Å². The maximum absolute atomic E-state index is 12.8. The molecule has 1 aromatic carbocycles. The van der Waals surface area contributed by atoms with Gasteiger partial charge in [0.25, 0.3) is 5.56 Å². The van der Waals surface area contributed by atoms with E-state index in [1.54, 1.807) is 23.1 Å². The largest absolute Gasteiger partial charge is 0.309 e. The molecule has 0 aliphatic carbocycles. The second kappa shape index (κ2) is 7.16. The highest BCUT2D eigenvalue weighted by molar-refractivity contribution is 7.99. The summed E-state index contributed by atoms with van der Waals surface area (Å²) in [5, 5.41) is 5.85. The number of thiophene rings is 2. The fraction of sp³-hybridized carbons (Fsp3) is 0.0952. The number of hydrogen-bond donors (Lipinski definition) is 1. The van der Waals surface area contributed by atoms with Crippen molar-refractivity contribution in [2.75, 3.05) is 0 Å². The topological polar surface area (TPSA) is 58.6 Å². The third kappa shape index (κ3) is 3.05. The van der Waals surface area contributed by atoms with E-state index in [0.29, 0.717) is 11.2 Å². The van der Waals surface area contributed by atoms with Crippen LogP contribution in [0.15, 0.2) is 69.1 Å². The summed E-state index contributed by atoms with van der Waals surface area (Å²) in [5.41, 5.74) is 1.86. The fourth-order valence-electron chi connectivity index (χ4n) is 3.19. The zero-order chi connectivity index (χ0) is 19.1. The molecule has 0 saturated carbocycles. The van der Waals surface area contributed by atoms with Crippen molar-refractivity contribution in [3.8, 4) is 10.4 Å². The number of nitrogens with one attached hydrogen (secondary N) is 1. The van der Waals surface area contributed by atoms with Crippen LogP contribution in [-0.2, 0) is 0 Å². The minimum absolute atomic E-state index is 0.00944. The van der Waals surface area contributed by atoms with Gasteiger partial charge in [-0.15, -0.1) is 34.4 Å². The maximum Gasteiger partial charge on any atom is 0.260 e. The van der Waals surface area contributed by atoms with E-state index in [2.05, 4.69) is 23.0 Å². The smallest absolute Gasteiger partial charge is 0.260 e. The number of fused-ring (bicyclic) bond motifs is 2. The Morgan fingerprint density at radius 3 is 2.86 bits per heavy atom. The predicted molar refractivity (Wildman–Crippen MR) is 120 cm³/mol. The molecule has 1 unspecified atom stereocenters. The normalized spacial score (nSPS) is 12.6. The van der Waals surface area contributed by atoms with Crippen molar-refractivity contribution in [2.45, 2.75) is 17.1 Å². The molecule has 0 radical (unpaired) electrons. The lowest BCUT2D eigenvalue weighted by atomic mass is 10.2. The van der Waals surface area contributed by atoms with Gasteiger partial charge in [0.2, 0.25) is 0 Å². The Bertz CT molecular complexity index is 1330. The number of hydrogen-bond acceptors (Lipinski definition) is 6. The first kappa shape index (κ1) is 17.6. The Balaban J connectivity index is 1.53. The van der Waals surface area contributed by atoms with Crippen molar-refractivity contribution >= 4 is 55.6 Å². The summed E-state index contributed by atoms with van der Waals surface area (Å²) in [6.45, 7) is 2.07. The second-order valence-electron chi connectivity index (χ2n) is 6.34. The van der Waals surface area contributed by atoms with E-state index >= 15 is 0 Å². The van der Waals surface area contributed by atoms with Crippen molar-refractivity contribution in [1.82, 2.24) is 15.0 Å². The SMILES string of the molecule is CC(Sc1ccnc2ccccc12)c1nc2scc(-c3cccs3)c2c(=O)[nH]1. The van der Waals surface area contributed by atoms with Gasteiger partial charge in [0.15, 0.2) is 0 Å². The molecule has 7 heteroatoms. The molecule has 28 heavy (non-hydrogen) atoms. The molecule has 1 N–H and O–H groups in total. The minimum atomic E-state index is -0.0725. The standard InChI is InChI=1S/C21H15N3OS3/c1-12(28-17-8-9-22-15-6-3-2-5-13(15)17)19-23-20(25)18-14(11-27-21(18)24-19)16-7-4-10-26-16/h2-12H,1H3,(H,23,24,25). The highest BCUT2D eigenvalue weighted by Crippen LogP contribution is 2.38. The van der Waals surface area contributed by atoms with Gasteiger partial charge >= 0.3 is 0 Å². The van der Waals surface area contributed by atoms with Crippen molar-refractivity contribution in [2.24, 2.45) is 0 Å². The number of pyridine rings is 1. The van der Waals surface area contributed by atoms with Crippen LogP contribution >= 0.6 is 34.4 Å². The van der Waals surface area contributed by atoms with Crippen molar-refractivity contribution in [3.63, 3.8) is 0 Å². The van der Waals surface area contributed by atoms with Crippen LogP contribution in [0.5, 0.6) is 0 Å². The quantitative estimate of drug-likeness (QED) is 0.355. The third-order valence-corrected chi connectivity index (χ3v) is 7.51.